The van der Waals surface area contributed by atoms with Gasteiger partial charge in [-0.1, -0.05) is 25.3 Å². The number of aliphatic imine (C=N–C) groups is 1. The number of halogens is 1. The molecule has 174 valence electrons. The number of guanidine groups is 1. The van der Waals surface area contributed by atoms with Crippen molar-refractivity contribution in [1.82, 2.24) is 20.5 Å². The highest BCUT2D eigenvalue weighted by Gasteiger charge is 2.31. The van der Waals surface area contributed by atoms with Crippen LogP contribution in [0.1, 0.15) is 64.9 Å². The van der Waals surface area contributed by atoms with E-state index in [0.717, 1.165) is 50.4 Å². The van der Waals surface area contributed by atoms with Crippen molar-refractivity contribution in [3.05, 3.63) is 23.9 Å². The van der Waals surface area contributed by atoms with E-state index >= 15 is 0 Å². The van der Waals surface area contributed by atoms with Gasteiger partial charge in [0.1, 0.15) is 0 Å². The van der Waals surface area contributed by atoms with E-state index in [4.69, 9.17) is 9.73 Å². The molecule has 1 aliphatic carbocycles. The maximum atomic E-state index is 12.8. The predicted molar refractivity (Wildman–Crippen MR) is 135 cm³/mol. The van der Waals surface area contributed by atoms with Gasteiger partial charge in [-0.3, -0.25) is 4.79 Å². The van der Waals surface area contributed by atoms with Crippen molar-refractivity contribution in [3.8, 4) is 5.88 Å². The van der Waals surface area contributed by atoms with Crippen LogP contribution in [0.4, 0.5) is 0 Å². The number of hydrogen-bond acceptors (Lipinski definition) is 4. The highest BCUT2D eigenvalue weighted by Crippen LogP contribution is 2.26. The Balaban J connectivity index is 0.00000341. The third-order valence-electron chi connectivity index (χ3n) is 5.71. The quantitative estimate of drug-likeness (QED) is 0.312. The minimum atomic E-state index is 0. The third kappa shape index (κ3) is 8.12. The van der Waals surface area contributed by atoms with Gasteiger partial charge < -0.3 is 20.3 Å². The van der Waals surface area contributed by atoms with E-state index in [1.165, 1.54) is 19.3 Å². The molecule has 1 amide bonds. The van der Waals surface area contributed by atoms with Crippen LogP contribution in [-0.2, 0) is 11.3 Å². The molecule has 2 aliphatic rings. The SMILES string of the molecule is CCNC(=NCc1ccc(OC(C)C)nc1)NC1CCN(C(=O)C2CCCCC2)C1.I. The summed E-state index contributed by atoms with van der Waals surface area (Å²) in [7, 11) is 0. The first-order chi connectivity index (χ1) is 14.5. The van der Waals surface area contributed by atoms with Crippen molar-refractivity contribution in [2.75, 3.05) is 19.6 Å². The highest BCUT2D eigenvalue weighted by atomic mass is 127. The van der Waals surface area contributed by atoms with Crippen molar-refractivity contribution in [2.24, 2.45) is 10.9 Å². The molecule has 3 rings (SSSR count). The van der Waals surface area contributed by atoms with Gasteiger partial charge in [0.25, 0.3) is 0 Å². The lowest BCUT2D eigenvalue weighted by Crippen LogP contribution is -2.45. The van der Waals surface area contributed by atoms with Crippen LogP contribution >= 0.6 is 24.0 Å². The summed E-state index contributed by atoms with van der Waals surface area (Å²) in [6.07, 6.45) is 8.68. The summed E-state index contributed by atoms with van der Waals surface area (Å²) in [5.41, 5.74) is 1.03. The van der Waals surface area contributed by atoms with Gasteiger partial charge >= 0.3 is 0 Å². The molecule has 1 aromatic heterocycles. The molecule has 1 unspecified atom stereocenters. The van der Waals surface area contributed by atoms with Gasteiger partial charge in [0.2, 0.25) is 11.8 Å². The standard InChI is InChI=1S/C23H37N5O2.HI/c1-4-24-23(26-15-18-10-11-21(25-14-18)30-17(2)3)27-20-12-13-28(16-20)22(29)19-8-6-5-7-9-19;/h10-11,14,17,19-20H,4-9,12-13,15-16H2,1-3H3,(H2,24,26,27);1H. The molecule has 2 fully saturated rings. The Morgan fingerprint density at radius 1 is 1.26 bits per heavy atom. The number of carbonyl (C=O) groups excluding carboxylic acids is 1. The number of nitrogens with one attached hydrogen (secondary N) is 2. The highest BCUT2D eigenvalue weighted by molar-refractivity contribution is 14.0. The lowest BCUT2D eigenvalue weighted by molar-refractivity contribution is -0.135. The first-order valence-corrected chi connectivity index (χ1v) is 11.5. The third-order valence-corrected chi connectivity index (χ3v) is 5.71. The summed E-state index contributed by atoms with van der Waals surface area (Å²) in [4.78, 5) is 23.9. The van der Waals surface area contributed by atoms with Gasteiger partial charge in [0.15, 0.2) is 5.96 Å². The maximum absolute atomic E-state index is 12.8. The van der Waals surface area contributed by atoms with Crippen LogP contribution in [0, 0.1) is 5.92 Å². The van der Waals surface area contributed by atoms with E-state index in [2.05, 4.69) is 27.4 Å². The molecule has 1 atom stereocenters. The average Bonchev–Trinajstić information content (AvgIpc) is 3.21. The van der Waals surface area contributed by atoms with Crippen molar-refractivity contribution < 1.29 is 9.53 Å². The molecule has 0 radical (unpaired) electrons. The van der Waals surface area contributed by atoms with Gasteiger partial charge in [0.05, 0.1) is 12.6 Å². The van der Waals surface area contributed by atoms with Gasteiger partial charge in [-0.05, 0) is 45.6 Å². The Hall–Kier alpha value is -1.58. The summed E-state index contributed by atoms with van der Waals surface area (Å²) >= 11 is 0. The van der Waals surface area contributed by atoms with Gasteiger partial charge in [-0.2, -0.15) is 0 Å². The monoisotopic (exact) mass is 543 g/mol. The summed E-state index contributed by atoms with van der Waals surface area (Å²) in [5, 5.41) is 6.83. The zero-order valence-corrected chi connectivity index (χ0v) is 21.4. The smallest absolute Gasteiger partial charge is 0.225 e. The second-order valence-electron chi connectivity index (χ2n) is 8.62. The molecule has 2 N–H and O–H groups in total. The van der Waals surface area contributed by atoms with E-state index < -0.39 is 0 Å². The zero-order valence-electron chi connectivity index (χ0n) is 19.1. The van der Waals surface area contributed by atoms with Crippen LogP contribution in [0.15, 0.2) is 23.3 Å². The molecule has 2 heterocycles. The molecule has 1 aliphatic heterocycles. The molecule has 7 nitrogen and oxygen atoms in total. The minimum Gasteiger partial charge on any atom is -0.475 e. The molecule has 1 saturated carbocycles. The number of likely N-dealkylation sites (tertiary alicyclic amines) is 1. The Morgan fingerprint density at radius 3 is 2.68 bits per heavy atom. The molecular weight excluding hydrogens is 505 g/mol. The van der Waals surface area contributed by atoms with Crippen LogP contribution in [-0.4, -0.2) is 53.5 Å². The number of carbonyl (C=O) groups is 1. The summed E-state index contributed by atoms with van der Waals surface area (Å²) in [6.45, 7) is 8.98. The van der Waals surface area contributed by atoms with E-state index in [1.54, 1.807) is 0 Å². The number of amides is 1. The second-order valence-corrected chi connectivity index (χ2v) is 8.62. The lowest BCUT2D eigenvalue weighted by atomic mass is 9.88. The number of pyridine rings is 1. The fraction of sp³-hybridized carbons (Fsp3) is 0.696. The van der Waals surface area contributed by atoms with Gasteiger partial charge in [-0.25, -0.2) is 9.98 Å². The van der Waals surface area contributed by atoms with Crippen LogP contribution in [0.2, 0.25) is 0 Å². The largest absolute Gasteiger partial charge is 0.475 e. The maximum Gasteiger partial charge on any atom is 0.225 e. The summed E-state index contributed by atoms with van der Waals surface area (Å²) < 4.78 is 5.59. The van der Waals surface area contributed by atoms with Crippen LogP contribution in [0.25, 0.3) is 0 Å². The number of rotatable bonds is 7. The lowest BCUT2D eigenvalue weighted by Gasteiger charge is -2.26. The summed E-state index contributed by atoms with van der Waals surface area (Å²) in [5.74, 6) is 2.03. The molecule has 1 aromatic rings. The van der Waals surface area contributed by atoms with Crippen molar-refractivity contribution in [2.45, 2.75) is 78.0 Å². The van der Waals surface area contributed by atoms with Crippen molar-refractivity contribution >= 4 is 35.8 Å². The first-order valence-electron chi connectivity index (χ1n) is 11.5. The molecule has 8 heteroatoms. The normalized spacial score (nSPS) is 19.8. The minimum absolute atomic E-state index is 0. The zero-order chi connectivity index (χ0) is 21.3. The van der Waals surface area contributed by atoms with E-state index in [0.29, 0.717) is 18.3 Å². The van der Waals surface area contributed by atoms with Gasteiger partial charge in [0, 0.05) is 43.9 Å². The molecule has 0 spiro atoms. The van der Waals surface area contributed by atoms with Crippen LogP contribution in [0.5, 0.6) is 5.88 Å². The molecule has 0 aromatic carbocycles. The van der Waals surface area contributed by atoms with E-state index in [9.17, 15) is 4.79 Å². The Labute approximate surface area is 203 Å². The van der Waals surface area contributed by atoms with Crippen molar-refractivity contribution in [1.29, 1.82) is 0 Å². The molecular formula is C23H38IN5O2. The fourth-order valence-electron chi connectivity index (χ4n) is 4.19. The summed E-state index contributed by atoms with van der Waals surface area (Å²) in [6, 6.07) is 4.13. The Morgan fingerprint density at radius 2 is 2.03 bits per heavy atom. The Kier molecular flexibility index (Phi) is 10.8. The molecule has 1 saturated heterocycles. The van der Waals surface area contributed by atoms with E-state index in [1.807, 2.05) is 32.2 Å². The van der Waals surface area contributed by atoms with Crippen LogP contribution < -0.4 is 15.4 Å². The Bertz CT molecular complexity index is 704. The average molecular weight is 543 g/mol. The van der Waals surface area contributed by atoms with Crippen LogP contribution in [0.3, 0.4) is 0 Å². The van der Waals surface area contributed by atoms with E-state index in [-0.39, 0.29) is 42.0 Å². The number of nitrogens with zero attached hydrogens (tertiary/aromatic N) is 3. The fourth-order valence-corrected chi connectivity index (χ4v) is 4.19. The number of ether oxygens (including phenoxy) is 1. The predicted octanol–water partition coefficient (Wildman–Crippen LogP) is 3.72. The second kappa shape index (κ2) is 13.1. The first kappa shape index (κ1) is 25.7. The molecule has 31 heavy (non-hydrogen) atoms. The molecule has 0 bridgehead atoms. The van der Waals surface area contributed by atoms with Crippen molar-refractivity contribution in [3.63, 3.8) is 0 Å². The topological polar surface area (TPSA) is 78.9 Å². The number of hydrogen-bond donors (Lipinski definition) is 2. The van der Waals surface area contributed by atoms with Gasteiger partial charge in [-0.15, -0.1) is 24.0 Å². The number of aromatic nitrogens is 1.